The van der Waals surface area contributed by atoms with Crippen molar-refractivity contribution in [1.29, 1.82) is 0 Å². The first-order chi connectivity index (χ1) is 7.66. The highest BCUT2D eigenvalue weighted by atomic mass is 32.1. The summed E-state index contributed by atoms with van der Waals surface area (Å²) in [5, 5.41) is 2.26. The fourth-order valence-electron chi connectivity index (χ4n) is 2.12. The lowest BCUT2D eigenvalue weighted by atomic mass is 10.1. The van der Waals surface area contributed by atoms with Crippen LogP contribution in [0.4, 0.5) is 0 Å². The number of hydrazine groups is 1. The summed E-state index contributed by atoms with van der Waals surface area (Å²) >= 11 is 1.88. The Labute approximate surface area is 101 Å². The molecule has 0 saturated carbocycles. The second-order valence-corrected chi connectivity index (χ2v) is 5.78. The van der Waals surface area contributed by atoms with Gasteiger partial charge in [0, 0.05) is 28.9 Å². The Morgan fingerprint density at radius 1 is 1.38 bits per heavy atom. The third-order valence-electron chi connectivity index (χ3n) is 2.93. The van der Waals surface area contributed by atoms with Gasteiger partial charge in [-0.25, -0.2) is 10.4 Å². The van der Waals surface area contributed by atoms with Crippen LogP contribution < -0.4 is 5.43 Å². The molecule has 1 atom stereocenters. The van der Waals surface area contributed by atoms with Crippen molar-refractivity contribution in [1.82, 2.24) is 10.4 Å². The van der Waals surface area contributed by atoms with E-state index in [1.54, 1.807) is 0 Å². The molecule has 3 nitrogen and oxygen atoms in total. The second kappa shape index (κ2) is 5.27. The largest absolute Gasteiger partial charge is 0.379 e. The van der Waals surface area contributed by atoms with E-state index in [1.807, 2.05) is 11.3 Å². The Bertz CT molecular complexity index is 345. The van der Waals surface area contributed by atoms with Crippen molar-refractivity contribution >= 4 is 11.3 Å². The number of aryl methyl sites for hydroxylation is 2. The van der Waals surface area contributed by atoms with E-state index in [4.69, 9.17) is 4.74 Å². The van der Waals surface area contributed by atoms with Crippen LogP contribution in [0.2, 0.25) is 0 Å². The van der Waals surface area contributed by atoms with E-state index in [9.17, 15) is 0 Å². The standard InChI is InChI=1S/C12H20N2OS/c1-9-8-12(11(3)16-9)10(2)13-14-4-6-15-7-5-14/h8,10,13H,4-7H2,1-3H3. The van der Waals surface area contributed by atoms with E-state index < -0.39 is 0 Å². The van der Waals surface area contributed by atoms with Crippen molar-refractivity contribution in [3.05, 3.63) is 21.4 Å². The van der Waals surface area contributed by atoms with Crippen molar-refractivity contribution in [2.75, 3.05) is 26.3 Å². The van der Waals surface area contributed by atoms with Gasteiger partial charge in [0.05, 0.1) is 13.2 Å². The predicted octanol–water partition coefficient (Wildman–Crippen LogP) is 2.26. The number of rotatable bonds is 3. The Balaban J connectivity index is 1.96. The van der Waals surface area contributed by atoms with Gasteiger partial charge in [-0.1, -0.05) is 0 Å². The van der Waals surface area contributed by atoms with Crippen LogP contribution in [-0.4, -0.2) is 31.3 Å². The fourth-order valence-corrected chi connectivity index (χ4v) is 3.14. The fraction of sp³-hybridized carbons (Fsp3) is 0.667. The van der Waals surface area contributed by atoms with Crippen molar-refractivity contribution in [2.24, 2.45) is 0 Å². The number of ether oxygens (including phenoxy) is 1. The highest BCUT2D eigenvalue weighted by Crippen LogP contribution is 2.26. The maximum absolute atomic E-state index is 5.34. The smallest absolute Gasteiger partial charge is 0.0608 e. The van der Waals surface area contributed by atoms with Gasteiger partial charge in [0.1, 0.15) is 0 Å². The van der Waals surface area contributed by atoms with Crippen LogP contribution in [0.1, 0.15) is 28.3 Å². The lowest BCUT2D eigenvalue weighted by Crippen LogP contribution is -2.46. The van der Waals surface area contributed by atoms with Gasteiger partial charge in [0.25, 0.3) is 0 Å². The van der Waals surface area contributed by atoms with Gasteiger partial charge in [0.15, 0.2) is 0 Å². The molecule has 1 N–H and O–H groups in total. The zero-order valence-electron chi connectivity index (χ0n) is 10.2. The predicted molar refractivity (Wildman–Crippen MR) is 67.7 cm³/mol. The summed E-state index contributed by atoms with van der Waals surface area (Å²) in [5.74, 6) is 0. The summed E-state index contributed by atoms with van der Waals surface area (Å²) in [6, 6.07) is 2.68. The lowest BCUT2D eigenvalue weighted by Gasteiger charge is -2.30. The minimum absolute atomic E-state index is 0.392. The van der Waals surface area contributed by atoms with Crippen LogP contribution in [0.5, 0.6) is 0 Å². The minimum atomic E-state index is 0.392. The van der Waals surface area contributed by atoms with E-state index in [2.05, 4.69) is 37.3 Å². The molecule has 0 aromatic carbocycles. The number of thiophene rings is 1. The molecular formula is C12H20N2OS. The molecule has 1 aliphatic rings. The summed E-state index contributed by atoms with van der Waals surface area (Å²) in [4.78, 5) is 2.81. The molecule has 0 spiro atoms. The quantitative estimate of drug-likeness (QED) is 0.877. The molecule has 1 saturated heterocycles. The summed E-state index contributed by atoms with van der Waals surface area (Å²) < 4.78 is 5.34. The first-order valence-electron chi connectivity index (χ1n) is 5.82. The molecule has 0 amide bonds. The maximum Gasteiger partial charge on any atom is 0.0608 e. The molecule has 1 unspecified atom stereocenters. The van der Waals surface area contributed by atoms with Crippen molar-refractivity contribution in [3.63, 3.8) is 0 Å². The Morgan fingerprint density at radius 3 is 2.62 bits per heavy atom. The first-order valence-corrected chi connectivity index (χ1v) is 6.64. The third kappa shape index (κ3) is 2.83. The normalized spacial score (nSPS) is 19.9. The number of nitrogens with one attached hydrogen (secondary N) is 1. The van der Waals surface area contributed by atoms with Crippen LogP contribution in [0.25, 0.3) is 0 Å². The number of hydrogen-bond acceptors (Lipinski definition) is 4. The van der Waals surface area contributed by atoms with Gasteiger partial charge in [-0.15, -0.1) is 11.3 Å². The zero-order valence-corrected chi connectivity index (χ0v) is 11.1. The number of nitrogens with zero attached hydrogens (tertiary/aromatic N) is 1. The second-order valence-electron chi connectivity index (χ2n) is 4.32. The topological polar surface area (TPSA) is 24.5 Å². The molecular weight excluding hydrogens is 220 g/mol. The van der Waals surface area contributed by atoms with E-state index in [-0.39, 0.29) is 0 Å². The van der Waals surface area contributed by atoms with Gasteiger partial charge in [0.2, 0.25) is 0 Å². The molecule has 2 heterocycles. The highest BCUT2D eigenvalue weighted by Gasteiger charge is 2.16. The first kappa shape index (κ1) is 12.0. The zero-order chi connectivity index (χ0) is 11.5. The molecule has 0 aliphatic carbocycles. The summed E-state index contributed by atoms with van der Waals surface area (Å²) in [7, 11) is 0. The molecule has 90 valence electrons. The average molecular weight is 240 g/mol. The maximum atomic E-state index is 5.34. The van der Waals surface area contributed by atoms with Crippen LogP contribution in [-0.2, 0) is 4.74 Å². The summed E-state index contributed by atoms with van der Waals surface area (Å²) in [5.41, 5.74) is 4.97. The average Bonchev–Trinajstić information content (AvgIpc) is 2.59. The molecule has 1 aromatic rings. The van der Waals surface area contributed by atoms with E-state index >= 15 is 0 Å². The Hall–Kier alpha value is -0.420. The third-order valence-corrected chi connectivity index (χ3v) is 3.91. The Morgan fingerprint density at radius 2 is 2.06 bits per heavy atom. The van der Waals surface area contributed by atoms with E-state index in [1.165, 1.54) is 15.3 Å². The molecule has 1 aromatic heterocycles. The van der Waals surface area contributed by atoms with E-state index in [0.717, 1.165) is 26.3 Å². The molecule has 4 heteroatoms. The molecule has 2 rings (SSSR count). The van der Waals surface area contributed by atoms with E-state index in [0.29, 0.717) is 6.04 Å². The van der Waals surface area contributed by atoms with Gasteiger partial charge < -0.3 is 4.74 Å². The van der Waals surface area contributed by atoms with Crippen LogP contribution >= 0.6 is 11.3 Å². The Kier molecular flexibility index (Phi) is 3.97. The molecule has 16 heavy (non-hydrogen) atoms. The summed E-state index contributed by atoms with van der Waals surface area (Å²) in [6.07, 6.45) is 0. The number of hydrogen-bond donors (Lipinski definition) is 1. The van der Waals surface area contributed by atoms with Crippen LogP contribution in [0, 0.1) is 13.8 Å². The van der Waals surface area contributed by atoms with Crippen molar-refractivity contribution in [2.45, 2.75) is 26.8 Å². The SMILES string of the molecule is Cc1cc(C(C)NN2CCOCC2)c(C)s1. The highest BCUT2D eigenvalue weighted by molar-refractivity contribution is 7.12. The van der Waals surface area contributed by atoms with Gasteiger partial charge >= 0.3 is 0 Å². The molecule has 1 fully saturated rings. The van der Waals surface area contributed by atoms with Crippen molar-refractivity contribution in [3.8, 4) is 0 Å². The van der Waals surface area contributed by atoms with Gasteiger partial charge in [-0.05, 0) is 32.4 Å². The monoisotopic (exact) mass is 240 g/mol. The lowest BCUT2D eigenvalue weighted by molar-refractivity contribution is 0.00483. The minimum Gasteiger partial charge on any atom is -0.379 e. The van der Waals surface area contributed by atoms with Gasteiger partial charge in [-0.2, -0.15) is 0 Å². The van der Waals surface area contributed by atoms with Crippen LogP contribution in [0.3, 0.4) is 0 Å². The molecule has 0 radical (unpaired) electrons. The number of morpholine rings is 1. The molecule has 1 aliphatic heterocycles. The molecule has 0 bridgehead atoms. The summed E-state index contributed by atoms with van der Waals surface area (Å²) in [6.45, 7) is 10.2. The van der Waals surface area contributed by atoms with Crippen LogP contribution in [0.15, 0.2) is 6.07 Å². The van der Waals surface area contributed by atoms with Crippen molar-refractivity contribution < 1.29 is 4.74 Å². The van der Waals surface area contributed by atoms with Gasteiger partial charge in [-0.3, -0.25) is 0 Å².